The third-order valence-electron chi connectivity index (χ3n) is 5.89. The fraction of sp³-hybridized carbons (Fsp3) is 0.385. The smallest absolute Gasteiger partial charge is 0.352 e. The van der Waals surface area contributed by atoms with Gasteiger partial charge in [-0.1, -0.05) is 51.4 Å². The molecule has 0 aliphatic carbocycles. The first kappa shape index (κ1) is 24.7. The highest BCUT2D eigenvalue weighted by Crippen LogP contribution is 2.16. The van der Waals surface area contributed by atoms with Crippen LogP contribution in [0.3, 0.4) is 0 Å². The lowest BCUT2D eigenvalue weighted by Gasteiger charge is -2.12. The van der Waals surface area contributed by atoms with Gasteiger partial charge in [-0.3, -0.25) is 14.2 Å². The molecule has 0 bridgehead atoms. The van der Waals surface area contributed by atoms with Gasteiger partial charge in [0, 0.05) is 23.7 Å². The second-order valence-electron chi connectivity index (χ2n) is 9.68. The SMILES string of the molecule is CC(C)CCn1c(=O)c2ccc(C(=O)NCC(C)C)cc2n2c(=O)n(Cc3ccc(Cl)cc3)nc12. The molecule has 4 aromatic rings. The molecule has 2 aromatic heterocycles. The van der Waals surface area contributed by atoms with Gasteiger partial charge in [-0.05, 0) is 54.2 Å². The normalized spacial score (nSPS) is 11.7. The van der Waals surface area contributed by atoms with Crippen LogP contribution in [0.25, 0.3) is 16.7 Å². The number of nitrogens with one attached hydrogen (secondary N) is 1. The van der Waals surface area contributed by atoms with Crippen molar-refractivity contribution < 1.29 is 4.79 Å². The van der Waals surface area contributed by atoms with Gasteiger partial charge in [0.1, 0.15) is 0 Å². The van der Waals surface area contributed by atoms with Crippen molar-refractivity contribution in [2.75, 3.05) is 6.54 Å². The van der Waals surface area contributed by atoms with Crippen molar-refractivity contribution in [2.45, 2.75) is 47.2 Å². The summed E-state index contributed by atoms with van der Waals surface area (Å²) in [7, 11) is 0. The van der Waals surface area contributed by atoms with E-state index in [9.17, 15) is 14.4 Å². The number of hydrogen-bond acceptors (Lipinski definition) is 4. The molecule has 0 aliphatic rings. The lowest BCUT2D eigenvalue weighted by atomic mass is 10.1. The van der Waals surface area contributed by atoms with E-state index in [4.69, 9.17) is 11.6 Å². The van der Waals surface area contributed by atoms with Crippen LogP contribution in [0.2, 0.25) is 5.02 Å². The molecule has 2 heterocycles. The Kier molecular flexibility index (Phi) is 7.12. The van der Waals surface area contributed by atoms with Crippen molar-refractivity contribution >= 4 is 34.2 Å². The monoisotopic (exact) mass is 495 g/mol. The largest absolute Gasteiger partial charge is 0.352 e. The molecule has 0 spiro atoms. The first-order valence-electron chi connectivity index (χ1n) is 11.8. The number of fused-ring (bicyclic) bond motifs is 3. The van der Waals surface area contributed by atoms with E-state index >= 15 is 0 Å². The molecule has 0 radical (unpaired) electrons. The van der Waals surface area contributed by atoms with Gasteiger partial charge in [0.25, 0.3) is 11.5 Å². The first-order chi connectivity index (χ1) is 16.7. The van der Waals surface area contributed by atoms with Crippen molar-refractivity contribution in [3.8, 4) is 0 Å². The number of carbonyl (C=O) groups excluding carboxylic acids is 1. The van der Waals surface area contributed by atoms with E-state index in [0.717, 1.165) is 12.0 Å². The van der Waals surface area contributed by atoms with Crippen molar-refractivity contribution in [3.05, 3.63) is 79.5 Å². The molecule has 4 rings (SSSR count). The van der Waals surface area contributed by atoms with Gasteiger partial charge >= 0.3 is 5.69 Å². The standard InChI is InChI=1S/C26H30ClN5O3/c1-16(2)11-12-30-24(34)21-10-7-19(23(33)28-14-17(3)4)13-22(21)32-25(30)29-31(26(32)35)15-18-5-8-20(27)9-6-18/h5-10,13,16-17H,11-12,14-15H2,1-4H3,(H,28,33). The van der Waals surface area contributed by atoms with E-state index in [-0.39, 0.29) is 29.5 Å². The summed E-state index contributed by atoms with van der Waals surface area (Å²) in [5, 5.41) is 8.41. The molecule has 2 aromatic carbocycles. The average Bonchev–Trinajstić information content (AvgIpc) is 3.14. The fourth-order valence-corrected chi connectivity index (χ4v) is 4.04. The molecule has 184 valence electrons. The fourth-order valence-electron chi connectivity index (χ4n) is 3.91. The maximum absolute atomic E-state index is 13.5. The van der Waals surface area contributed by atoms with Gasteiger partial charge in [0.05, 0.1) is 17.4 Å². The molecule has 0 saturated heterocycles. The minimum absolute atomic E-state index is 0.228. The van der Waals surface area contributed by atoms with Crippen LogP contribution in [-0.2, 0) is 13.1 Å². The van der Waals surface area contributed by atoms with E-state index in [2.05, 4.69) is 24.3 Å². The maximum Gasteiger partial charge on any atom is 0.352 e. The van der Waals surface area contributed by atoms with Crippen molar-refractivity contribution in [1.29, 1.82) is 0 Å². The summed E-state index contributed by atoms with van der Waals surface area (Å²) in [5.74, 6) is 0.682. The van der Waals surface area contributed by atoms with Crippen molar-refractivity contribution in [2.24, 2.45) is 11.8 Å². The summed E-state index contributed by atoms with van der Waals surface area (Å²) in [6.07, 6.45) is 0.759. The first-order valence-corrected chi connectivity index (χ1v) is 12.2. The number of carbonyl (C=O) groups is 1. The van der Waals surface area contributed by atoms with Gasteiger partial charge in [-0.15, -0.1) is 5.10 Å². The number of nitrogens with zero attached hydrogens (tertiary/aromatic N) is 4. The summed E-state index contributed by atoms with van der Waals surface area (Å²) in [5.41, 5.74) is 1.00. The molecule has 0 aliphatic heterocycles. The Balaban J connectivity index is 1.91. The molecule has 0 atom stereocenters. The quantitative estimate of drug-likeness (QED) is 0.401. The van der Waals surface area contributed by atoms with Crippen LogP contribution in [0.1, 0.15) is 50.0 Å². The van der Waals surface area contributed by atoms with Crippen LogP contribution < -0.4 is 16.6 Å². The van der Waals surface area contributed by atoms with Crippen molar-refractivity contribution in [3.63, 3.8) is 0 Å². The Morgan fingerprint density at radius 2 is 1.74 bits per heavy atom. The number of rotatable bonds is 8. The zero-order valence-corrected chi connectivity index (χ0v) is 21.2. The van der Waals surface area contributed by atoms with Crippen LogP contribution in [0.4, 0.5) is 0 Å². The van der Waals surface area contributed by atoms with Crippen molar-refractivity contribution in [1.82, 2.24) is 24.1 Å². The summed E-state index contributed by atoms with van der Waals surface area (Å²) in [6.45, 7) is 9.38. The predicted molar refractivity (Wildman–Crippen MR) is 138 cm³/mol. The Morgan fingerprint density at radius 3 is 2.40 bits per heavy atom. The Labute approximate surface area is 208 Å². The third-order valence-corrected chi connectivity index (χ3v) is 6.14. The van der Waals surface area contributed by atoms with E-state index in [0.29, 0.717) is 46.4 Å². The minimum atomic E-state index is -0.377. The number of aromatic nitrogens is 4. The molecule has 0 saturated carbocycles. The van der Waals surface area contributed by atoms with Crippen LogP contribution in [0.15, 0.2) is 52.1 Å². The Bertz CT molecular complexity index is 1500. The minimum Gasteiger partial charge on any atom is -0.352 e. The van der Waals surface area contributed by atoms with Crippen LogP contribution in [-0.4, -0.2) is 31.2 Å². The Hall–Kier alpha value is -3.39. The average molecular weight is 496 g/mol. The molecular weight excluding hydrogens is 466 g/mol. The molecule has 0 fully saturated rings. The molecule has 35 heavy (non-hydrogen) atoms. The van der Waals surface area contributed by atoms with E-state index in [1.165, 1.54) is 9.08 Å². The number of hydrogen-bond donors (Lipinski definition) is 1. The molecular formula is C26H30ClN5O3. The molecule has 8 nitrogen and oxygen atoms in total. The second-order valence-corrected chi connectivity index (χ2v) is 10.1. The second kappa shape index (κ2) is 10.1. The number of benzene rings is 2. The van der Waals surface area contributed by atoms with Crippen LogP contribution in [0, 0.1) is 11.8 Å². The molecule has 0 unspecified atom stereocenters. The maximum atomic E-state index is 13.5. The highest BCUT2D eigenvalue weighted by molar-refractivity contribution is 6.30. The zero-order valence-electron chi connectivity index (χ0n) is 20.4. The van der Waals surface area contributed by atoms with Gasteiger partial charge < -0.3 is 5.32 Å². The zero-order chi connectivity index (χ0) is 25.3. The predicted octanol–water partition coefficient (Wildman–Crippen LogP) is 3.94. The third kappa shape index (κ3) is 5.17. The summed E-state index contributed by atoms with van der Waals surface area (Å²) >= 11 is 5.99. The number of aryl methyl sites for hydroxylation is 1. The summed E-state index contributed by atoms with van der Waals surface area (Å²) < 4.78 is 4.33. The molecule has 9 heteroatoms. The van der Waals surface area contributed by atoms with Gasteiger partial charge in [-0.25, -0.2) is 13.9 Å². The molecule has 1 amide bonds. The van der Waals surface area contributed by atoms with Crippen LogP contribution in [0.5, 0.6) is 0 Å². The summed E-state index contributed by atoms with van der Waals surface area (Å²) in [4.78, 5) is 39.7. The van der Waals surface area contributed by atoms with E-state index < -0.39 is 0 Å². The van der Waals surface area contributed by atoms with E-state index in [1.54, 1.807) is 34.9 Å². The van der Waals surface area contributed by atoms with Crippen LogP contribution >= 0.6 is 11.6 Å². The van der Waals surface area contributed by atoms with Gasteiger partial charge in [0.2, 0.25) is 5.78 Å². The highest BCUT2D eigenvalue weighted by atomic mass is 35.5. The Morgan fingerprint density at radius 1 is 1.03 bits per heavy atom. The van der Waals surface area contributed by atoms with Gasteiger partial charge in [-0.2, -0.15) is 0 Å². The lowest BCUT2D eigenvalue weighted by Crippen LogP contribution is -2.29. The van der Waals surface area contributed by atoms with E-state index in [1.807, 2.05) is 26.0 Å². The van der Waals surface area contributed by atoms with Gasteiger partial charge in [0.15, 0.2) is 0 Å². The lowest BCUT2D eigenvalue weighted by molar-refractivity contribution is 0.0949. The molecule has 1 N–H and O–H groups in total. The summed E-state index contributed by atoms with van der Waals surface area (Å²) in [6, 6.07) is 12.0. The number of amides is 1. The highest BCUT2D eigenvalue weighted by Gasteiger charge is 2.19. The topological polar surface area (TPSA) is 90.4 Å². The number of halogens is 1.